The molecule has 0 aliphatic heterocycles. The van der Waals surface area contributed by atoms with Crippen LogP contribution >= 0.6 is 12.6 Å². The Morgan fingerprint density at radius 3 is 2.88 bits per heavy atom. The minimum absolute atomic E-state index is 0.639. The van der Waals surface area contributed by atoms with E-state index in [1.54, 1.807) is 5.41 Å². The van der Waals surface area contributed by atoms with Crippen LogP contribution in [0.15, 0.2) is 11.5 Å². The van der Waals surface area contributed by atoms with E-state index >= 15 is 0 Å². The van der Waals surface area contributed by atoms with Crippen molar-refractivity contribution in [1.29, 1.82) is 5.26 Å². The van der Waals surface area contributed by atoms with Crippen LogP contribution in [0.3, 0.4) is 0 Å². The van der Waals surface area contributed by atoms with Crippen molar-refractivity contribution in [2.45, 2.75) is 19.3 Å². The number of rotatable bonds is 3. The third-order valence-corrected chi connectivity index (χ3v) is 0.948. The fourth-order valence-corrected chi connectivity index (χ4v) is 0.503. The fourth-order valence-electron chi connectivity index (χ4n) is 0.367. The largest absolute Gasteiger partial charge is 0.198 e. The van der Waals surface area contributed by atoms with Gasteiger partial charge in [-0.3, -0.25) is 0 Å². The first-order chi connectivity index (χ1) is 3.91. The molecule has 0 aliphatic carbocycles. The van der Waals surface area contributed by atoms with Crippen LogP contribution in [-0.4, -0.2) is 0 Å². The molecule has 0 spiro atoms. The Bertz CT molecular complexity index is 102. The summed E-state index contributed by atoms with van der Waals surface area (Å²) in [6, 6.07) is 2.06. The quantitative estimate of drug-likeness (QED) is 0.533. The Labute approximate surface area is 55.4 Å². The van der Waals surface area contributed by atoms with E-state index in [4.69, 9.17) is 5.26 Å². The molecule has 0 aliphatic rings. The molecular formula is C6H8NS. The number of nitriles is 1. The van der Waals surface area contributed by atoms with Gasteiger partial charge in [0.2, 0.25) is 0 Å². The van der Waals surface area contributed by atoms with Crippen molar-refractivity contribution in [3.05, 3.63) is 11.5 Å². The van der Waals surface area contributed by atoms with Gasteiger partial charge in [0.1, 0.15) is 0 Å². The highest BCUT2D eigenvalue weighted by molar-refractivity contribution is 7.83. The topological polar surface area (TPSA) is 23.8 Å². The molecule has 0 N–H and O–H groups in total. The fraction of sp³-hybridized carbons (Fsp3) is 0.500. The van der Waals surface area contributed by atoms with E-state index in [0.717, 1.165) is 12.8 Å². The monoisotopic (exact) mass is 126 g/mol. The third kappa shape index (κ3) is 5.45. The van der Waals surface area contributed by atoms with Crippen LogP contribution in [0.1, 0.15) is 19.3 Å². The van der Waals surface area contributed by atoms with Crippen molar-refractivity contribution in [2.24, 2.45) is 0 Å². The second-order valence-electron chi connectivity index (χ2n) is 1.42. The van der Waals surface area contributed by atoms with Crippen LogP contribution in [0.5, 0.6) is 0 Å². The lowest BCUT2D eigenvalue weighted by molar-refractivity contribution is 0.878. The molecule has 0 atom stereocenters. The van der Waals surface area contributed by atoms with Gasteiger partial charge in [-0.2, -0.15) is 5.26 Å². The maximum absolute atomic E-state index is 8.07. The zero-order valence-corrected chi connectivity index (χ0v) is 5.45. The van der Waals surface area contributed by atoms with Crippen molar-refractivity contribution in [2.75, 3.05) is 0 Å². The Morgan fingerprint density at radius 1 is 1.62 bits per heavy atom. The number of hydrogen-bond donors (Lipinski definition) is 0. The molecule has 0 heterocycles. The van der Waals surface area contributed by atoms with Crippen molar-refractivity contribution >= 4 is 12.6 Å². The summed E-state index contributed by atoms with van der Waals surface area (Å²) in [5, 5.41) is 9.66. The SMILES string of the molecule is N#CCCCC=C[S]. The van der Waals surface area contributed by atoms with E-state index in [0.29, 0.717) is 6.42 Å². The van der Waals surface area contributed by atoms with Gasteiger partial charge in [-0.25, -0.2) is 0 Å². The van der Waals surface area contributed by atoms with Gasteiger partial charge >= 0.3 is 0 Å². The molecule has 0 bridgehead atoms. The van der Waals surface area contributed by atoms with E-state index in [2.05, 4.69) is 18.7 Å². The summed E-state index contributed by atoms with van der Waals surface area (Å²) >= 11 is 4.54. The molecule has 2 heteroatoms. The summed E-state index contributed by atoms with van der Waals surface area (Å²) in [6.07, 6.45) is 4.41. The van der Waals surface area contributed by atoms with Gasteiger partial charge in [0.25, 0.3) is 0 Å². The maximum Gasteiger partial charge on any atom is 0.0621 e. The zero-order valence-electron chi connectivity index (χ0n) is 4.63. The Balaban J connectivity index is 2.85. The van der Waals surface area contributed by atoms with E-state index in [1.807, 2.05) is 6.08 Å². The first-order valence-corrected chi connectivity index (χ1v) is 3.03. The van der Waals surface area contributed by atoms with Gasteiger partial charge in [0.05, 0.1) is 6.07 Å². The minimum atomic E-state index is 0.639. The van der Waals surface area contributed by atoms with Crippen LogP contribution < -0.4 is 0 Å². The molecular weight excluding hydrogens is 118 g/mol. The normalized spacial score (nSPS) is 9.38. The van der Waals surface area contributed by atoms with E-state index < -0.39 is 0 Å². The molecule has 0 saturated heterocycles. The first kappa shape index (κ1) is 7.45. The predicted octanol–water partition coefficient (Wildman–Crippen LogP) is 2.39. The predicted molar refractivity (Wildman–Crippen MR) is 36.2 cm³/mol. The average Bonchev–Trinajstić information content (AvgIpc) is 1.81. The molecule has 1 radical (unpaired) electrons. The van der Waals surface area contributed by atoms with Crippen LogP contribution in [-0.2, 0) is 0 Å². The van der Waals surface area contributed by atoms with Gasteiger partial charge in [0, 0.05) is 6.42 Å². The van der Waals surface area contributed by atoms with Crippen LogP contribution in [0, 0.1) is 11.3 Å². The smallest absolute Gasteiger partial charge is 0.0621 e. The first-order valence-electron chi connectivity index (χ1n) is 2.55. The molecule has 0 rings (SSSR count). The summed E-state index contributed by atoms with van der Waals surface area (Å²) < 4.78 is 0. The van der Waals surface area contributed by atoms with E-state index in [1.165, 1.54) is 0 Å². The number of unbranched alkanes of at least 4 members (excludes halogenated alkanes) is 2. The number of allylic oxidation sites excluding steroid dienone is 1. The molecule has 8 heavy (non-hydrogen) atoms. The molecule has 0 aromatic carbocycles. The van der Waals surface area contributed by atoms with Crippen molar-refractivity contribution < 1.29 is 0 Å². The average molecular weight is 126 g/mol. The van der Waals surface area contributed by atoms with Crippen molar-refractivity contribution in [1.82, 2.24) is 0 Å². The second kappa shape index (κ2) is 6.45. The zero-order chi connectivity index (χ0) is 6.24. The van der Waals surface area contributed by atoms with Gasteiger partial charge in [0.15, 0.2) is 0 Å². The van der Waals surface area contributed by atoms with Crippen LogP contribution in [0.4, 0.5) is 0 Å². The molecule has 1 nitrogen and oxygen atoms in total. The molecule has 0 aromatic rings. The van der Waals surface area contributed by atoms with Crippen LogP contribution in [0.2, 0.25) is 0 Å². The van der Waals surface area contributed by atoms with Crippen molar-refractivity contribution in [3.63, 3.8) is 0 Å². The highest BCUT2D eigenvalue weighted by Crippen LogP contribution is 1.94. The Hall–Kier alpha value is -0.550. The lowest BCUT2D eigenvalue weighted by Crippen LogP contribution is -1.65. The number of hydrogen-bond acceptors (Lipinski definition) is 1. The Kier molecular flexibility index (Phi) is 6.01. The van der Waals surface area contributed by atoms with Crippen molar-refractivity contribution in [3.8, 4) is 6.07 Å². The summed E-state index contributed by atoms with van der Waals surface area (Å²) in [5.74, 6) is 0. The lowest BCUT2D eigenvalue weighted by atomic mass is 10.2. The lowest BCUT2D eigenvalue weighted by Gasteiger charge is -1.81. The molecule has 43 valence electrons. The summed E-state index contributed by atoms with van der Waals surface area (Å²) in [6.45, 7) is 0. The summed E-state index contributed by atoms with van der Waals surface area (Å²) in [4.78, 5) is 0. The molecule has 0 amide bonds. The minimum Gasteiger partial charge on any atom is -0.198 e. The maximum atomic E-state index is 8.07. The third-order valence-electron chi connectivity index (χ3n) is 0.756. The highest BCUT2D eigenvalue weighted by atomic mass is 32.1. The summed E-state index contributed by atoms with van der Waals surface area (Å²) in [7, 11) is 0. The van der Waals surface area contributed by atoms with Gasteiger partial charge in [-0.1, -0.05) is 18.7 Å². The summed E-state index contributed by atoms with van der Waals surface area (Å²) in [5.41, 5.74) is 0. The molecule has 0 fully saturated rings. The van der Waals surface area contributed by atoms with Gasteiger partial charge < -0.3 is 0 Å². The Morgan fingerprint density at radius 2 is 2.38 bits per heavy atom. The molecule has 0 saturated carbocycles. The van der Waals surface area contributed by atoms with Crippen LogP contribution in [0.25, 0.3) is 0 Å². The van der Waals surface area contributed by atoms with Gasteiger partial charge in [-0.15, -0.1) is 0 Å². The molecule has 0 unspecified atom stereocenters. The van der Waals surface area contributed by atoms with E-state index in [9.17, 15) is 0 Å². The highest BCUT2D eigenvalue weighted by Gasteiger charge is 1.78. The standard InChI is InChI=1S/C6H8NS/c7-5-3-1-2-4-6-8/h4,6H,1-3H2. The number of nitrogens with zero attached hydrogens (tertiary/aromatic N) is 1. The second-order valence-corrected chi connectivity index (χ2v) is 1.69. The molecule has 0 aromatic heterocycles. The van der Waals surface area contributed by atoms with E-state index in [-0.39, 0.29) is 0 Å². The van der Waals surface area contributed by atoms with Gasteiger partial charge in [-0.05, 0) is 18.2 Å².